The number of para-hydroxylation sites is 1. The van der Waals surface area contributed by atoms with E-state index in [9.17, 15) is 4.79 Å². The van der Waals surface area contributed by atoms with Crippen molar-refractivity contribution in [1.29, 1.82) is 0 Å². The second-order valence-electron chi connectivity index (χ2n) is 6.39. The summed E-state index contributed by atoms with van der Waals surface area (Å²) in [6.45, 7) is 2.65. The Labute approximate surface area is 182 Å². The molecule has 2 aromatic heterocycles. The minimum Gasteiger partial charge on any atom is -0.495 e. The van der Waals surface area contributed by atoms with Gasteiger partial charge in [0.25, 0.3) is 0 Å². The highest BCUT2D eigenvalue weighted by atomic mass is 35.5. The van der Waals surface area contributed by atoms with Crippen molar-refractivity contribution in [1.82, 2.24) is 14.8 Å². The van der Waals surface area contributed by atoms with E-state index >= 15 is 0 Å². The Balaban J connectivity index is 1.46. The third kappa shape index (κ3) is 4.15. The Morgan fingerprint density at radius 3 is 2.80 bits per heavy atom. The molecule has 0 radical (unpaired) electrons. The van der Waals surface area contributed by atoms with Crippen molar-refractivity contribution in [3.63, 3.8) is 0 Å². The molecular weight excluding hydrogens is 424 g/mol. The largest absolute Gasteiger partial charge is 0.495 e. The van der Waals surface area contributed by atoms with E-state index in [1.165, 1.54) is 11.8 Å². The minimum atomic E-state index is -0.169. The van der Waals surface area contributed by atoms with E-state index in [2.05, 4.69) is 15.5 Å². The van der Waals surface area contributed by atoms with E-state index in [1.54, 1.807) is 25.3 Å². The fourth-order valence-corrected chi connectivity index (χ4v) is 4.09. The smallest absolute Gasteiger partial charge is 0.234 e. The number of ether oxygens (including phenoxy) is 1. The number of aromatic nitrogens is 3. The molecule has 1 N–H and O–H groups in total. The van der Waals surface area contributed by atoms with Crippen molar-refractivity contribution < 1.29 is 13.9 Å². The molecule has 154 valence electrons. The SMILES string of the molecule is CCn1c(SCC(=O)Nc2ccc(OC)c(Cl)c2)nnc1-c1cc2ccccc2o1. The molecule has 0 aliphatic rings. The summed E-state index contributed by atoms with van der Waals surface area (Å²) in [5.74, 6) is 1.85. The fraction of sp³-hybridized carbons (Fsp3) is 0.190. The van der Waals surface area contributed by atoms with Crippen LogP contribution in [0.15, 0.2) is 58.1 Å². The van der Waals surface area contributed by atoms with Gasteiger partial charge in [-0.05, 0) is 37.3 Å². The van der Waals surface area contributed by atoms with E-state index in [4.69, 9.17) is 20.8 Å². The van der Waals surface area contributed by atoms with Crippen LogP contribution >= 0.6 is 23.4 Å². The van der Waals surface area contributed by atoms with Crippen LogP contribution in [0.3, 0.4) is 0 Å². The first-order valence-corrected chi connectivity index (χ1v) is 10.6. The molecule has 0 aliphatic carbocycles. The number of hydrogen-bond donors (Lipinski definition) is 1. The molecule has 2 aromatic carbocycles. The highest BCUT2D eigenvalue weighted by Crippen LogP contribution is 2.30. The summed E-state index contributed by atoms with van der Waals surface area (Å²) >= 11 is 7.41. The van der Waals surface area contributed by atoms with Gasteiger partial charge in [0.2, 0.25) is 11.7 Å². The summed E-state index contributed by atoms with van der Waals surface area (Å²) in [4.78, 5) is 12.4. The number of amides is 1. The molecule has 0 saturated heterocycles. The normalized spacial score (nSPS) is 11.0. The maximum atomic E-state index is 12.4. The highest BCUT2D eigenvalue weighted by Gasteiger charge is 2.18. The van der Waals surface area contributed by atoms with Gasteiger partial charge in [-0.25, -0.2) is 0 Å². The maximum absolute atomic E-state index is 12.4. The lowest BCUT2D eigenvalue weighted by molar-refractivity contribution is -0.113. The third-order valence-electron chi connectivity index (χ3n) is 4.45. The quantitative estimate of drug-likeness (QED) is 0.401. The number of nitrogens with zero attached hydrogens (tertiary/aromatic N) is 3. The van der Waals surface area contributed by atoms with Crippen LogP contribution in [0, 0.1) is 0 Å². The van der Waals surface area contributed by atoms with Crippen molar-refractivity contribution in [2.45, 2.75) is 18.6 Å². The van der Waals surface area contributed by atoms with Crippen LogP contribution in [0.1, 0.15) is 6.92 Å². The standard InChI is InChI=1S/C21H19ClN4O3S/c1-3-26-20(18-10-13-6-4-5-7-16(13)29-18)24-25-21(26)30-12-19(27)23-14-8-9-17(28-2)15(22)11-14/h4-11H,3,12H2,1-2H3,(H,23,27). The van der Waals surface area contributed by atoms with Crippen molar-refractivity contribution in [3.05, 3.63) is 53.6 Å². The minimum absolute atomic E-state index is 0.169. The van der Waals surface area contributed by atoms with Crippen LogP contribution < -0.4 is 10.1 Å². The number of anilines is 1. The van der Waals surface area contributed by atoms with Crippen LogP contribution in [0.5, 0.6) is 5.75 Å². The summed E-state index contributed by atoms with van der Waals surface area (Å²) in [6.07, 6.45) is 0. The van der Waals surface area contributed by atoms with Crippen molar-refractivity contribution in [2.75, 3.05) is 18.2 Å². The van der Waals surface area contributed by atoms with E-state index in [1.807, 2.05) is 41.8 Å². The predicted molar refractivity (Wildman–Crippen MR) is 118 cm³/mol. The zero-order valence-corrected chi connectivity index (χ0v) is 18.0. The lowest BCUT2D eigenvalue weighted by Gasteiger charge is -2.08. The maximum Gasteiger partial charge on any atom is 0.234 e. The number of methoxy groups -OCH3 is 1. The molecule has 0 atom stereocenters. The van der Waals surface area contributed by atoms with Crippen LogP contribution in [0.4, 0.5) is 5.69 Å². The summed E-state index contributed by atoms with van der Waals surface area (Å²) < 4.78 is 13.0. The van der Waals surface area contributed by atoms with Gasteiger partial charge in [-0.3, -0.25) is 9.36 Å². The number of benzene rings is 2. The molecule has 0 unspecified atom stereocenters. The summed E-state index contributed by atoms with van der Waals surface area (Å²) in [7, 11) is 1.54. The first-order chi connectivity index (χ1) is 14.6. The number of carbonyl (C=O) groups is 1. The zero-order valence-electron chi connectivity index (χ0n) is 16.4. The van der Waals surface area contributed by atoms with Gasteiger partial charge >= 0.3 is 0 Å². The Morgan fingerprint density at radius 1 is 1.23 bits per heavy atom. The number of hydrogen-bond acceptors (Lipinski definition) is 6. The fourth-order valence-electron chi connectivity index (χ4n) is 3.03. The average Bonchev–Trinajstić information content (AvgIpc) is 3.35. The monoisotopic (exact) mass is 442 g/mol. The van der Waals surface area contributed by atoms with E-state index in [0.29, 0.717) is 39.7 Å². The van der Waals surface area contributed by atoms with Gasteiger partial charge in [0, 0.05) is 17.6 Å². The molecule has 9 heteroatoms. The number of fused-ring (bicyclic) bond motifs is 1. The molecule has 0 saturated carbocycles. The molecule has 0 bridgehead atoms. The van der Waals surface area contributed by atoms with E-state index < -0.39 is 0 Å². The van der Waals surface area contributed by atoms with E-state index in [0.717, 1.165) is 11.0 Å². The Bertz CT molecular complexity index is 1170. The van der Waals surface area contributed by atoms with Gasteiger partial charge in [-0.1, -0.05) is 41.6 Å². The molecule has 0 fully saturated rings. The number of thioether (sulfide) groups is 1. The van der Waals surface area contributed by atoms with Crippen molar-refractivity contribution in [3.8, 4) is 17.3 Å². The van der Waals surface area contributed by atoms with Gasteiger partial charge in [0.15, 0.2) is 10.9 Å². The van der Waals surface area contributed by atoms with Gasteiger partial charge in [0.1, 0.15) is 11.3 Å². The molecule has 7 nitrogen and oxygen atoms in total. The number of nitrogens with one attached hydrogen (secondary N) is 1. The second kappa shape index (κ2) is 8.81. The average molecular weight is 443 g/mol. The van der Waals surface area contributed by atoms with Crippen molar-refractivity contribution in [2.24, 2.45) is 0 Å². The Kier molecular flexibility index (Phi) is 5.96. The molecule has 4 aromatic rings. The molecule has 30 heavy (non-hydrogen) atoms. The first kappa shape index (κ1) is 20.3. The van der Waals surface area contributed by atoms with Crippen LogP contribution in [0.2, 0.25) is 5.02 Å². The van der Waals surface area contributed by atoms with Crippen molar-refractivity contribution >= 4 is 45.9 Å². The Hall–Kier alpha value is -2.97. The number of halogens is 1. The van der Waals surface area contributed by atoms with Crippen LogP contribution in [-0.2, 0) is 11.3 Å². The van der Waals surface area contributed by atoms with E-state index in [-0.39, 0.29) is 11.7 Å². The highest BCUT2D eigenvalue weighted by molar-refractivity contribution is 7.99. The lowest BCUT2D eigenvalue weighted by Crippen LogP contribution is -2.14. The zero-order chi connectivity index (χ0) is 21.1. The summed E-state index contributed by atoms with van der Waals surface area (Å²) in [5, 5.41) is 13.4. The number of furan rings is 1. The van der Waals surface area contributed by atoms with Crippen LogP contribution in [-0.4, -0.2) is 33.5 Å². The first-order valence-electron chi connectivity index (χ1n) is 9.27. The lowest BCUT2D eigenvalue weighted by atomic mass is 10.2. The second-order valence-corrected chi connectivity index (χ2v) is 7.73. The summed E-state index contributed by atoms with van der Waals surface area (Å²) in [5.41, 5.74) is 1.40. The molecular formula is C21H19ClN4O3S. The van der Waals surface area contributed by atoms with Crippen LogP contribution in [0.25, 0.3) is 22.6 Å². The molecule has 0 aliphatic heterocycles. The van der Waals surface area contributed by atoms with Gasteiger partial charge in [0.05, 0.1) is 17.9 Å². The molecule has 2 heterocycles. The molecule has 1 amide bonds. The van der Waals surface area contributed by atoms with Gasteiger partial charge < -0.3 is 14.5 Å². The Morgan fingerprint density at radius 2 is 2.07 bits per heavy atom. The predicted octanol–water partition coefficient (Wildman–Crippen LogP) is 5.10. The number of rotatable bonds is 7. The van der Waals surface area contributed by atoms with Gasteiger partial charge in [-0.2, -0.15) is 0 Å². The van der Waals surface area contributed by atoms with Gasteiger partial charge in [-0.15, -0.1) is 10.2 Å². The molecule has 0 spiro atoms. The third-order valence-corrected chi connectivity index (χ3v) is 5.71. The molecule has 4 rings (SSSR count). The number of carbonyl (C=O) groups excluding carboxylic acids is 1. The topological polar surface area (TPSA) is 82.2 Å². The summed E-state index contributed by atoms with van der Waals surface area (Å²) in [6, 6.07) is 14.8.